The molecule has 0 aliphatic heterocycles. The van der Waals surface area contributed by atoms with Gasteiger partial charge in [-0.15, -0.1) is 0 Å². The van der Waals surface area contributed by atoms with Gasteiger partial charge in [-0.1, -0.05) is 19.1 Å². The number of aliphatic imine (C=N–C) groups is 1. The third-order valence-electron chi connectivity index (χ3n) is 5.58. The molecule has 1 aromatic carbocycles. The summed E-state index contributed by atoms with van der Waals surface area (Å²) in [4.78, 5) is 17.9. The normalized spacial score (nSPS) is 15.2. The van der Waals surface area contributed by atoms with E-state index in [1.54, 1.807) is 39.2 Å². The van der Waals surface area contributed by atoms with E-state index in [1.165, 1.54) is 53.4 Å². The van der Waals surface area contributed by atoms with Crippen LogP contribution in [0.1, 0.15) is 24.5 Å². The molecule has 1 aromatic heterocycles. The summed E-state index contributed by atoms with van der Waals surface area (Å²) in [6.07, 6.45) is 6.28. The molecular weight excluding hydrogens is 535 g/mol. The summed E-state index contributed by atoms with van der Waals surface area (Å²) >= 11 is 0. The number of ether oxygens (including phenoxy) is 2. The lowest BCUT2D eigenvalue weighted by atomic mass is 9.98. The van der Waals surface area contributed by atoms with Crippen LogP contribution in [0.25, 0.3) is 16.8 Å². The van der Waals surface area contributed by atoms with Gasteiger partial charge >= 0.3 is 12.8 Å². The Morgan fingerprint density at radius 3 is 2.50 bits per heavy atom. The van der Waals surface area contributed by atoms with Crippen LogP contribution >= 0.6 is 0 Å². The number of hydrogen-bond acceptors (Lipinski definition) is 6. The van der Waals surface area contributed by atoms with Crippen LogP contribution in [0.2, 0.25) is 0 Å². The second-order valence-electron chi connectivity index (χ2n) is 8.48. The smallest absolute Gasteiger partial charge is 0.422 e. The lowest BCUT2D eigenvalue weighted by Gasteiger charge is -2.18. The first-order valence-electron chi connectivity index (χ1n) is 12.0. The Bertz CT molecular complexity index is 1450. The molecule has 7 nitrogen and oxygen atoms in total. The Labute approximate surface area is 227 Å². The zero-order valence-corrected chi connectivity index (χ0v) is 21.9. The molecule has 0 saturated heterocycles. The molecule has 0 bridgehead atoms. The molecule has 0 saturated carbocycles. The molecule has 0 radical (unpaired) electrons. The second-order valence-corrected chi connectivity index (χ2v) is 8.48. The van der Waals surface area contributed by atoms with Crippen molar-refractivity contribution in [2.75, 3.05) is 13.7 Å². The molecule has 2 N–H and O–H groups in total. The van der Waals surface area contributed by atoms with Crippen molar-refractivity contribution in [3.05, 3.63) is 93.9 Å². The maximum absolute atomic E-state index is 13.7. The Hall–Kier alpha value is -4.48. The maximum Gasteiger partial charge on any atom is 0.422 e. The molecule has 0 amide bonds. The second kappa shape index (κ2) is 13.0. The highest BCUT2D eigenvalue weighted by molar-refractivity contribution is 6.12. The third kappa shape index (κ3) is 7.78. The average Bonchev–Trinajstić information content (AvgIpc) is 2.88. The van der Waals surface area contributed by atoms with Crippen LogP contribution < -0.4 is 15.6 Å². The van der Waals surface area contributed by atoms with Crippen molar-refractivity contribution >= 4 is 17.6 Å². The molecular formula is C28H27F5N4O3. The summed E-state index contributed by atoms with van der Waals surface area (Å²) in [7, 11) is 1.67. The fraction of sp³-hybridized carbons (Fsp3) is 0.250. The zero-order chi connectivity index (χ0) is 29.4. The highest BCUT2D eigenvalue weighted by Gasteiger charge is 2.28. The minimum absolute atomic E-state index is 0.0936. The third-order valence-corrected chi connectivity index (χ3v) is 5.58. The molecule has 40 heavy (non-hydrogen) atoms. The van der Waals surface area contributed by atoms with Crippen molar-refractivity contribution in [2.24, 2.45) is 4.99 Å². The minimum Gasteiger partial charge on any atom is -0.468 e. The number of nitrogens with zero attached hydrogens (tertiary/aromatic N) is 2. The van der Waals surface area contributed by atoms with Crippen molar-refractivity contribution in [3.63, 3.8) is 0 Å². The van der Waals surface area contributed by atoms with Gasteiger partial charge in [0.25, 0.3) is 5.56 Å². The Morgan fingerprint density at radius 2 is 1.90 bits per heavy atom. The van der Waals surface area contributed by atoms with Crippen molar-refractivity contribution in [2.45, 2.75) is 33.1 Å². The van der Waals surface area contributed by atoms with E-state index in [-0.39, 0.29) is 22.9 Å². The molecule has 0 spiro atoms. The Kier molecular flexibility index (Phi) is 9.81. The number of hydrogen-bond donors (Lipinski definition) is 2. The topological polar surface area (TPSA) is 88.7 Å². The standard InChI is InChI=1S/C28H27F5N4O3/c1-4-5-24(39-16-28(31,32)33)36-14-20-15-37(21-8-11-23(34)19(12-21)13-35-3)26(38)25(17(20)2)18-6-9-22(10-7-18)40-27(29)30/h5-15,27,34-35H,4,16H2,1-3H3/b19-13-,24-5-,34-23?,36-14-. The molecule has 1 aliphatic rings. The average molecular weight is 563 g/mol. The SMILES string of the molecule is CC/C=C(/N=C\c1cn(C2=C/C(=C/NC)C(=N)C=C2)c(=O)c(-c2ccc(OC(F)F)cc2)c1C)OCC(F)(F)F. The number of allylic oxidation sites excluding steroid dienone is 6. The first-order valence-corrected chi connectivity index (χ1v) is 12.0. The van der Waals surface area contributed by atoms with Crippen LogP contribution in [-0.4, -0.2) is 42.9 Å². The lowest BCUT2D eigenvalue weighted by Crippen LogP contribution is -2.24. The van der Waals surface area contributed by atoms with Gasteiger partial charge in [-0.3, -0.25) is 9.36 Å². The largest absolute Gasteiger partial charge is 0.468 e. The van der Waals surface area contributed by atoms with E-state index >= 15 is 0 Å². The van der Waals surface area contributed by atoms with Gasteiger partial charge in [0.1, 0.15) is 5.75 Å². The van der Waals surface area contributed by atoms with Crippen molar-refractivity contribution in [1.82, 2.24) is 9.88 Å². The minimum atomic E-state index is -4.55. The molecule has 0 atom stereocenters. The monoisotopic (exact) mass is 562 g/mol. The van der Waals surface area contributed by atoms with E-state index in [1.807, 2.05) is 0 Å². The summed E-state index contributed by atoms with van der Waals surface area (Å²) in [5.74, 6) is -0.333. The summed E-state index contributed by atoms with van der Waals surface area (Å²) in [6.45, 7) is -1.18. The van der Waals surface area contributed by atoms with Gasteiger partial charge < -0.3 is 20.2 Å². The number of nitrogens with one attached hydrogen (secondary N) is 2. The Balaban J connectivity index is 2.18. The summed E-state index contributed by atoms with van der Waals surface area (Å²) in [5.41, 5.74) is 2.10. The molecule has 1 heterocycles. The van der Waals surface area contributed by atoms with Crippen molar-refractivity contribution in [3.8, 4) is 16.9 Å². The summed E-state index contributed by atoms with van der Waals surface area (Å²) in [5, 5.41) is 10.9. The molecule has 0 fully saturated rings. The number of alkyl halides is 5. The number of benzene rings is 1. The zero-order valence-electron chi connectivity index (χ0n) is 21.9. The van der Waals surface area contributed by atoms with Gasteiger partial charge in [-0.05, 0) is 60.9 Å². The van der Waals surface area contributed by atoms with Crippen molar-refractivity contribution < 1.29 is 31.4 Å². The molecule has 3 rings (SSSR count). The van der Waals surface area contributed by atoms with Crippen LogP contribution in [0.3, 0.4) is 0 Å². The fourth-order valence-corrected chi connectivity index (χ4v) is 3.77. The molecule has 0 unspecified atom stereocenters. The van der Waals surface area contributed by atoms with Gasteiger partial charge in [0.2, 0.25) is 5.88 Å². The van der Waals surface area contributed by atoms with Gasteiger partial charge in [-0.25, -0.2) is 4.99 Å². The van der Waals surface area contributed by atoms with Gasteiger partial charge in [0, 0.05) is 42.5 Å². The van der Waals surface area contributed by atoms with Crippen LogP contribution in [0.5, 0.6) is 5.75 Å². The van der Waals surface area contributed by atoms with E-state index < -0.39 is 25.0 Å². The molecule has 1 aliphatic carbocycles. The van der Waals surface area contributed by atoms with Gasteiger partial charge in [0.05, 0.1) is 11.3 Å². The Morgan fingerprint density at radius 1 is 1.20 bits per heavy atom. The number of rotatable bonds is 10. The van der Waals surface area contributed by atoms with Crippen molar-refractivity contribution in [1.29, 1.82) is 5.41 Å². The predicted octanol–water partition coefficient (Wildman–Crippen LogP) is 6.21. The first kappa shape index (κ1) is 30.1. The molecule has 212 valence electrons. The number of pyridine rings is 1. The van der Waals surface area contributed by atoms with E-state index in [0.717, 1.165) is 0 Å². The van der Waals surface area contributed by atoms with Crippen LogP contribution in [-0.2, 0) is 4.74 Å². The maximum atomic E-state index is 13.7. The summed E-state index contributed by atoms with van der Waals surface area (Å²) in [6, 6.07) is 5.50. The highest BCUT2D eigenvalue weighted by atomic mass is 19.4. The number of halogens is 5. The summed E-state index contributed by atoms with van der Waals surface area (Å²) < 4.78 is 73.9. The van der Waals surface area contributed by atoms with Crippen LogP contribution in [0.15, 0.2) is 82.2 Å². The fourth-order valence-electron chi connectivity index (χ4n) is 3.77. The van der Waals surface area contributed by atoms with E-state index in [4.69, 9.17) is 10.1 Å². The van der Waals surface area contributed by atoms with E-state index in [9.17, 15) is 26.7 Å². The quantitative estimate of drug-likeness (QED) is 0.205. The van der Waals surface area contributed by atoms with Crippen LogP contribution in [0.4, 0.5) is 22.0 Å². The lowest BCUT2D eigenvalue weighted by molar-refractivity contribution is -0.165. The molecule has 12 heteroatoms. The van der Waals surface area contributed by atoms with Gasteiger partial charge in [-0.2, -0.15) is 22.0 Å². The van der Waals surface area contributed by atoms with E-state index in [0.29, 0.717) is 34.4 Å². The molecule has 2 aromatic rings. The highest BCUT2D eigenvalue weighted by Crippen LogP contribution is 2.27. The first-order chi connectivity index (χ1) is 18.9. The number of aromatic nitrogens is 1. The van der Waals surface area contributed by atoms with E-state index in [2.05, 4.69) is 15.0 Å². The van der Waals surface area contributed by atoms with Gasteiger partial charge in [0.15, 0.2) is 6.61 Å². The van der Waals surface area contributed by atoms with Crippen LogP contribution in [0, 0.1) is 12.3 Å². The predicted molar refractivity (Wildman–Crippen MR) is 144 cm³/mol.